The molecule has 1 N–H and O–H groups in total. The van der Waals surface area contributed by atoms with Crippen LogP contribution in [-0.2, 0) is 4.79 Å². The Bertz CT molecular complexity index is 537. The Morgan fingerprint density at radius 2 is 1.67 bits per heavy atom. The van der Waals surface area contributed by atoms with E-state index in [-0.39, 0.29) is 13.1 Å². The number of hydrogen-bond donors (Lipinski definition) is 1. The summed E-state index contributed by atoms with van der Waals surface area (Å²) in [5.74, 6) is -3.41. The number of rotatable bonds is 3. The van der Waals surface area contributed by atoms with Crippen LogP contribution in [0, 0.1) is 11.6 Å². The van der Waals surface area contributed by atoms with E-state index in [4.69, 9.17) is 5.11 Å². The second-order valence-electron chi connectivity index (χ2n) is 4.94. The summed E-state index contributed by atoms with van der Waals surface area (Å²) in [6.45, 7) is 2.76. The average molecular weight is 298 g/mol. The third-order valence-electron chi connectivity index (χ3n) is 3.68. The molecule has 1 saturated heterocycles. The highest BCUT2D eigenvalue weighted by molar-refractivity contribution is 5.94. The summed E-state index contributed by atoms with van der Waals surface area (Å²) in [4.78, 5) is 26.1. The molecule has 114 valence electrons. The van der Waals surface area contributed by atoms with Crippen molar-refractivity contribution in [1.82, 2.24) is 9.80 Å². The van der Waals surface area contributed by atoms with E-state index in [1.807, 2.05) is 0 Å². The lowest BCUT2D eigenvalue weighted by Gasteiger charge is -2.36. The molecule has 0 aliphatic carbocycles. The Hall–Kier alpha value is -2.02. The van der Waals surface area contributed by atoms with Crippen LogP contribution in [0.25, 0.3) is 0 Å². The van der Waals surface area contributed by atoms with Crippen LogP contribution in [0.4, 0.5) is 8.78 Å². The van der Waals surface area contributed by atoms with Gasteiger partial charge in [-0.1, -0.05) is 6.07 Å². The number of hydrogen-bond acceptors (Lipinski definition) is 3. The van der Waals surface area contributed by atoms with Crippen molar-refractivity contribution in [2.45, 2.75) is 13.0 Å². The first-order valence-electron chi connectivity index (χ1n) is 6.62. The molecule has 1 aliphatic rings. The highest BCUT2D eigenvalue weighted by atomic mass is 19.1. The molecule has 0 aromatic heterocycles. The molecular formula is C14H16F2N2O3. The number of piperazine rings is 1. The number of carbonyl (C=O) groups is 2. The van der Waals surface area contributed by atoms with Crippen LogP contribution < -0.4 is 0 Å². The van der Waals surface area contributed by atoms with Gasteiger partial charge < -0.3 is 10.0 Å². The second kappa shape index (κ2) is 6.17. The summed E-state index contributed by atoms with van der Waals surface area (Å²) >= 11 is 0. The number of aliphatic carboxylic acids is 1. The van der Waals surface area contributed by atoms with Gasteiger partial charge in [-0.3, -0.25) is 14.5 Å². The fraction of sp³-hybridized carbons (Fsp3) is 0.429. The van der Waals surface area contributed by atoms with E-state index >= 15 is 0 Å². The zero-order chi connectivity index (χ0) is 15.6. The predicted molar refractivity (Wildman–Crippen MR) is 70.9 cm³/mol. The molecule has 1 aromatic carbocycles. The maximum absolute atomic E-state index is 13.6. The van der Waals surface area contributed by atoms with Gasteiger partial charge in [0, 0.05) is 26.2 Å². The molecule has 1 aliphatic heterocycles. The van der Waals surface area contributed by atoms with Crippen molar-refractivity contribution in [3.05, 3.63) is 35.4 Å². The molecular weight excluding hydrogens is 282 g/mol. The SMILES string of the molecule is C[C@H](C(=O)O)N1CCN(C(=O)c2c(F)cccc2F)CC1. The predicted octanol–water partition coefficient (Wildman–Crippen LogP) is 1.20. The monoisotopic (exact) mass is 298 g/mol. The van der Waals surface area contributed by atoms with Crippen molar-refractivity contribution in [3.63, 3.8) is 0 Å². The van der Waals surface area contributed by atoms with E-state index in [2.05, 4.69) is 0 Å². The van der Waals surface area contributed by atoms with Crippen LogP contribution in [0.3, 0.4) is 0 Å². The minimum absolute atomic E-state index is 0.240. The normalized spacial score (nSPS) is 17.6. The minimum atomic E-state index is -0.935. The summed E-state index contributed by atoms with van der Waals surface area (Å²) in [5.41, 5.74) is -0.558. The lowest BCUT2D eigenvalue weighted by Crippen LogP contribution is -2.53. The maximum Gasteiger partial charge on any atom is 0.320 e. The summed E-state index contributed by atoms with van der Waals surface area (Å²) < 4.78 is 27.2. The van der Waals surface area contributed by atoms with E-state index in [0.29, 0.717) is 13.1 Å². The van der Waals surface area contributed by atoms with Crippen LogP contribution in [0.5, 0.6) is 0 Å². The third-order valence-corrected chi connectivity index (χ3v) is 3.68. The van der Waals surface area contributed by atoms with Crippen molar-refractivity contribution in [2.24, 2.45) is 0 Å². The molecule has 1 aromatic rings. The number of carboxylic acid groups (broad SMARTS) is 1. The molecule has 21 heavy (non-hydrogen) atoms. The fourth-order valence-corrected chi connectivity index (χ4v) is 2.33. The first kappa shape index (κ1) is 15.4. The molecule has 0 radical (unpaired) electrons. The van der Waals surface area contributed by atoms with E-state index in [1.54, 1.807) is 11.8 Å². The summed E-state index contributed by atoms with van der Waals surface area (Å²) in [7, 11) is 0. The van der Waals surface area contributed by atoms with E-state index < -0.39 is 35.1 Å². The summed E-state index contributed by atoms with van der Waals surface area (Å²) in [6.07, 6.45) is 0. The number of nitrogens with zero attached hydrogens (tertiary/aromatic N) is 2. The zero-order valence-electron chi connectivity index (χ0n) is 11.6. The third kappa shape index (κ3) is 3.18. The molecule has 0 unspecified atom stereocenters. The van der Waals surface area contributed by atoms with Gasteiger partial charge in [-0.2, -0.15) is 0 Å². The van der Waals surface area contributed by atoms with Gasteiger partial charge in [0.2, 0.25) is 0 Å². The van der Waals surface area contributed by atoms with Gasteiger partial charge in [0.15, 0.2) is 0 Å². The average Bonchev–Trinajstić information content (AvgIpc) is 2.46. The van der Waals surface area contributed by atoms with E-state index in [0.717, 1.165) is 12.1 Å². The molecule has 1 fully saturated rings. The van der Waals surface area contributed by atoms with Crippen molar-refractivity contribution >= 4 is 11.9 Å². The topological polar surface area (TPSA) is 60.9 Å². The van der Waals surface area contributed by atoms with Crippen molar-refractivity contribution in [2.75, 3.05) is 26.2 Å². The van der Waals surface area contributed by atoms with Gasteiger partial charge in [-0.05, 0) is 19.1 Å². The number of carboxylic acids is 1. The van der Waals surface area contributed by atoms with Crippen LogP contribution in [0.15, 0.2) is 18.2 Å². The van der Waals surface area contributed by atoms with Gasteiger partial charge in [0.25, 0.3) is 5.91 Å². The fourth-order valence-electron chi connectivity index (χ4n) is 2.33. The first-order chi connectivity index (χ1) is 9.91. The molecule has 0 spiro atoms. The molecule has 1 heterocycles. The Kier molecular flexibility index (Phi) is 4.52. The highest BCUT2D eigenvalue weighted by Gasteiger charge is 2.29. The van der Waals surface area contributed by atoms with Crippen LogP contribution >= 0.6 is 0 Å². The maximum atomic E-state index is 13.6. The molecule has 0 bridgehead atoms. The van der Waals surface area contributed by atoms with Gasteiger partial charge in [0.05, 0.1) is 0 Å². The quantitative estimate of drug-likeness (QED) is 0.911. The van der Waals surface area contributed by atoms with E-state index in [1.165, 1.54) is 11.0 Å². The molecule has 1 atom stereocenters. The Morgan fingerprint density at radius 3 is 2.14 bits per heavy atom. The van der Waals surface area contributed by atoms with Crippen LogP contribution in [-0.4, -0.2) is 59.0 Å². The van der Waals surface area contributed by atoms with Gasteiger partial charge in [0.1, 0.15) is 23.2 Å². The number of carbonyl (C=O) groups excluding carboxylic acids is 1. The summed E-state index contributed by atoms with van der Waals surface area (Å²) in [5, 5.41) is 8.94. The molecule has 2 rings (SSSR count). The van der Waals surface area contributed by atoms with Crippen molar-refractivity contribution in [1.29, 1.82) is 0 Å². The standard InChI is InChI=1S/C14H16F2N2O3/c1-9(14(20)21)17-5-7-18(8-6-17)13(19)12-10(15)3-2-4-11(12)16/h2-4,9H,5-8H2,1H3,(H,20,21)/t9-/m1/s1. The van der Waals surface area contributed by atoms with E-state index in [9.17, 15) is 18.4 Å². The van der Waals surface area contributed by atoms with Gasteiger partial charge in [-0.25, -0.2) is 8.78 Å². The Morgan fingerprint density at radius 1 is 1.14 bits per heavy atom. The smallest absolute Gasteiger partial charge is 0.320 e. The molecule has 1 amide bonds. The second-order valence-corrected chi connectivity index (χ2v) is 4.94. The first-order valence-corrected chi connectivity index (χ1v) is 6.62. The number of benzene rings is 1. The lowest BCUT2D eigenvalue weighted by atomic mass is 10.1. The molecule has 5 nitrogen and oxygen atoms in total. The lowest BCUT2D eigenvalue weighted by molar-refractivity contribution is -0.143. The largest absolute Gasteiger partial charge is 0.480 e. The Balaban J connectivity index is 2.06. The van der Waals surface area contributed by atoms with Crippen molar-refractivity contribution in [3.8, 4) is 0 Å². The molecule has 7 heteroatoms. The summed E-state index contributed by atoms with van der Waals surface area (Å²) in [6, 6.07) is 2.64. The van der Waals surface area contributed by atoms with Crippen LogP contribution in [0.2, 0.25) is 0 Å². The highest BCUT2D eigenvalue weighted by Crippen LogP contribution is 2.16. The molecule has 0 saturated carbocycles. The van der Waals surface area contributed by atoms with Crippen LogP contribution in [0.1, 0.15) is 17.3 Å². The Labute approximate surface area is 120 Å². The van der Waals surface area contributed by atoms with Gasteiger partial charge in [-0.15, -0.1) is 0 Å². The minimum Gasteiger partial charge on any atom is -0.480 e. The number of amides is 1. The number of halogens is 2. The zero-order valence-corrected chi connectivity index (χ0v) is 11.6. The van der Waals surface area contributed by atoms with Gasteiger partial charge >= 0.3 is 5.97 Å². The van der Waals surface area contributed by atoms with Crippen molar-refractivity contribution < 1.29 is 23.5 Å².